The summed E-state index contributed by atoms with van der Waals surface area (Å²) in [4.78, 5) is 12.3. The van der Waals surface area contributed by atoms with Gasteiger partial charge in [-0.05, 0) is 30.7 Å². The Morgan fingerprint density at radius 1 is 1.05 bits per heavy atom. The monoisotopic (exact) mass is 292 g/mol. The third-order valence-electron chi connectivity index (χ3n) is 3.84. The number of hydrogen-bond acceptors (Lipinski definition) is 2. The minimum absolute atomic E-state index is 0.246. The van der Waals surface area contributed by atoms with Gasteiger partial charge < -0.3 is 4.74 Å². The van der Waals surface area contributed by atoms with Crippen LogP contribution in [0.4, 0.5) is 0 Å². The maximum atomic E-state index is 12.3. The van der Waals surface area contributed by atoms with Crippen LogP contribution in [0.25, 0.3) is 10.9 Å². The maximum Gasteiger partial charge on any atom is 0.318 e. The zero-order chi connectivity index (χ0) is 15.5. The van der Waals surface area contributed by atoms with E-state index in [4.69, 9.17) is 4.74 Å². The van der Waals surface area contributed by atoms with E-state index in [2.05, 4.69) is 0 Å². The molecular weight excluding hydrogens is 274 g/mol. The van der Waals surface area contributed by atoms with Crippen LogP contribution < -0.4 is 9.30 Å². The molecule has 0 unspecified atom stereocenters. The van der Waals surface area contributed by atoms with Crippen molar-refractivity contribution in [2.45, 2.75) is 12.8 Å². The van der Waals surface area contributed by atoms with E-state index < -0.39 is 0 Å². The number of nitrogens with zero attached hydrogens (tertiary/aromatic N) is 1. The lowest BCUT2D eigenvalue weighted by atomic mass is 10.0. The molecule has 1 atom stereocenters. The number of ether oxygens (including phenoxy) is 1. The molecule has 0 aliphatic carbocycles. The molecule has 2 aromatic carbocycles. The van der Waals surface area contributed by atoms with Gasteiger partial charge in [-0.15, -0.1) is 0 Å². The molecule has 0 aliphatic rings. The molecule has 3 aromatic rings. The molecule has 110 valence electrons. The van der Waals surface area contributed by atoms with E-state index in [0.717, 1.165) is 16.5 Å². The van der Waals surface area contributed by atoms with Crippen molar-refractivity contribution in [2.75, 3.05) is 0 Å². The first kappa shape index (κ1) is 14.3. The number of fused-ring (bicyclic) bond motifs is 1. The van der Waals surface area contributed by atoms with Crippen LogP contribution in [0.3, 0.4) is 0 Å². The second-order valence-corrected chi connectivity index (χ2v) is 5.39. The van der Waals surface area contributed by atoms with E-state index in [1.165, 1.54) is 0 Å². The van der Waals surface area contributed by atoms with E-state index in [9.17, 15) is 4.79 Å². The number of rotatable bonds is 3. The highest BCUT2D eigenvalue weighted by atomic mass is 16.5. The molecule has 0 fully saturated rings. The first-order valence-corrected chi connectivity index (χ1v) is 7.30. The molecule has 0 bridgehead atoms. The van der Waals surface area contributed by atoms with Crippen LogP contribution >= 0.6 is 0 Å². The molecule has 22 heavy (non-hydrogen) atoms. The minimum atomic E-state index is -0.290. The van der Waals surface area contributed by atoms with Crippen molar-refractivity contribution in [3.05, 3.63) is 72.4 Å². The number of aryl methyl sites for hydroxylation is 1. The van der Waals surface area contributed by atoms with Gasteiger partial charge in [0.15, 0.2) is 6.20 Å². The van der Waals surface area contributed by atoms with Crippen LogP contribution in [0.2, 0.25) is 0 Å². The minimum Gasteiger partial charge on any atom is -0.426 e. The Morgan fingerprint density at radius 3 is 2.59 bits per heavy atom. The molecule has 0 saturated carbocycles. The van der Waals surface area contributed by atoms with Crippen molar-refractivity contribution in [1.29, 1.82) is 0 Å². The number of esters is 1. The first-order valence-electron chi connectivity index (χ1n) is 7.30. The fourth-order valence-electron chi connectivity index (χ4n) is 2.47. The average Bonchev–Trinajstić information content (AvgIpc) is 2.55. The normalized spacial score (nSPS) is 12.1. The summed E-state index contributed by atoms with van der Waals surface area (Å²) < 4.78 is 7.55. The van der Waals surface area contributed by atoms with Crippen molar-refractivity contribution in [3.8, 4) is 5.75 Å². The van der Waals surface area contributed by atoms with Gasteiger partial charge in [-0.25, -0.2) is 4.57 Å². The molecule has 1 heterocycles. The van der Waals surface area contributed by atoms with Crippen molar-refractivity contribution in [3.63, 3.8) is 0 Å². The number of benzene rings is 2. The molecule has 3 nitrogen and oxygen atoms in total. The van der Waals surface area contributed by atoms with Gasteiger partial charge in [0.2, 0.25) is 5.52 Å². The topological polar surface area (TPSA) is 30.2 Å². The Morgan fingerprint density at radius 2 is 1.82 bits per heavy atom. The van der Waals surface area contributed by atoms with Crippen LogP contribution in [0, 0.1) is 0 Å². The van der Waals surface area contributed by atoms with Gasteiger partial charge in [-0.1, -0.05) is 30.3 Å². The summed E-state index contributed by atoms with van der Waals surface area (Å²) in [5.41, 5.74) is 1.99. The summed E-state index contributed by atoms with van der Waals surface area (Å²) in [6.45, 7) is 1.86. The SMILES string of the molecule is C[C@@H](C(=O)Oc1ccc2ccc[n+](C)c2c1)c1ccccc1. The fourth-order valence-corrected chi connectivity index (χ4v) is 2.47. The summed E-state index contributed by atoms with van der Waals surface area (Å²) in [6.07, 6.45) is 1.97. The highest BCUT2D eigenvalue weighted by molar-refractivity contribution is 5.82. The van der Waals surface area contributed by atoms with E-state index in [1.807, 2.05) is 85.4 Å². The number of hydrogen-bond donors (Lipinski definition) is 0. The molecule has 1 aromatic heterocycles. The van der Waals surface area contributed by atoms with Gasteiger partial charge in [0.25, 0.3) is 0 Å². The van der Waals surface area contributed by atoms with E-state index in [1.54, 1.807) is 0 Å². The lowest BCUT2D eigenvalue weighted by molar-refractivity contribution is -0.644. The van der Waals surface area contributed by atoms with Crippen molar-refractivity contribution in [2.24, 2.45) is 7.05 Å². The predicted octanol–water partition coefficient (Wildman–Crippen LogP) is 3.37. The van der Waals surface area contributed by atoms with Crippen LogP contribution in [0.5, 0.6) is 5.75 Å². The molecule has 0 N–H and O–H groups in total. The second kappa shape index (κ2) is 5.98. The lowest BCUT2D eigenvalue weighted by Gasteiger charge is -2.11. The van der Waals surface area contributed by atoms with E-state index >= 15 is 0 Å². The van der Waals surface area contributed by atoms with Crippen molar-refractivity contribution >= 4 is 16.9 Å². The Kier molecular flexibility index (Phi) is 3.88. The Hall–Kier alpha value is -2.68. The maximum absolute atomic E-state index is 12.3. The van der Waals surface area contributed by atoms with Crippen LogP contribution in [-0.2, 0) is 11.8 Å². The summed E-state index contributed by atoms with van der Waals surface area (Å²) in [5.74, 6) is 0.0348. The van der Waals surface area contributed by atoms with Gasteiger partial charge in [0.05, 0.1) is 12.0 Å². The van der Waals surface area contributed by atoms with Crippen molar-refractivity contribution < 1.29 is 14.1 Å². The summed E-state index contributed by atoms with van der Waals surface area (Å²) >= 11 is 0. The molecule has 3 heteroatoms. The standard InChI is InChI=1S/C19H18NO2/c1-14(15-7-4-3-5-8-15)19(21)22-17-11-10-16-9-6-12-20(2)18(16)13-17/h3-14H,1-2H3/q+1/t14-/m1/s1. The summed E-state index contributed by atoms with van der Waals surface area (Å²) in [7, 11) is 1.97. The van der Waals surface area contributed by atoms with Crippen molar-refractivity contribution in [1.82, 2.24) is 0 Å². The number of carbonyl (C=O) groups excluding carboxylic acids is 1. The third kappa shape index (κ3) is 2.84. The summed E-state index contributed by atoms with van der Waals surface area (Å²) in [5, 5.41) is 1.11. The van der Waals surface area contributed by atoms with Gasteiger partial charge in [0.1, 0.15) is 12.8 Å². The molecule has 0 saturated heterocycles. The number of aromatic nitrogens is 1. The van der Waals surface area contributed by atoms with Gasteiger partial charge in [0, 0.05) is 11.5 Å². The smallest absolute Gasteiger partial charge is 0.318 e. The number of carbonyl (C=O) groups is 1. The summed E-state index contributed by atoms with van der Waals surface area (Å²) in [6, 6.07) is 19.4. The molecule has 3 rings (SSSR count). The lowest BCUT2D eigenvalue weighted by Crippen LogP contribution is -2.27. The third-order valence-corrected chi connectivity index (χ3v) is 3.84. The zero-order valence-corrected chi connectivity index (χ0v) is 12.7. The highest BCUT2D eigenvalue weighted by Gasteiger charge is 2.18. The zero-order valence-electron chi connectivity index (χ0n) is 12.7. The molecule has 0 aliphatic heterocycles. The molecule has 0 spiro atoms. The molecule has 0 radical (unpaired) electrons. The fraction of sp³-hybridized carbons (Fsp3) is 0.158. The van der Waals surface area contributed by atoms with E-state index in [-0.39, 0.29) is 11.9 Å². The average molecular weight is 292 g/mol. The number of pyridine rings is 1. The molecular formula is C19H18NO2+. The van der Waals surface area contributed by atoms with E-state index in [0.29, 0.717) is 5.75 Å². The quantitative estimate of drug-likeness (QED) is 0.421. The second-order valence-electron chi connectivity index (χ2n) is 5.39. The Bertz CT molecular complexity index is 812. The van der Waals surface area contributed by atoms with Crippen LogP contribution in [0.15, 0.2) is 66.9 Å². The molecule has 0 amide bonds. The Balaban J connectivity index is 1.84. The Labute approximate surface area is 129 Å². The van der Waals surface area contributed by atoms with Crippen LogP contribution in [-0.4, -0.2) is 5.97 Å². The predicted molar refractivity (Wildman–Crippen MR) is 85.6 cm³/mol. The van der Waals surface area contributed by atoms with Crippen LogP contribution in [0.1, 0.15) is 18.4 Å². The van der Waals surface area contributed by atoms with Gasteiger partial charge in [-0.2, -0.15) is 0 Å². The van der Waals surface area contributed by atoms with Gasteiger partial charge in [-0.3, -0.25) is 4.79 Å². The largest absolute Gasteiger partial charge is 0.426 e. The first-order chi connectivity index (χ1) is 10.6. The van der Waals surface area contributed by atoms with Gasteiger partial charge >= 0.3 is 5.97 Å². The highest BCUT2D eigenvalue weighted by Crippen LogP contribution is 2.21.